The highest BCUT2D eigenvalue weighted by atomic mass is 32.1. The molecule has 198 valence electrons. The number of hydrogen-bond donors (Lipinski definition) is 2. The van der Waals surface area contributed by atoms with Gasteiger partial charge in [-0.15, -0.1) is 11.3 Å². The molecule has 0 bridgehead atoms. The fraction of sp³-hybridized carbons (Fsp3) is 0.419. The van der Waals surface area contributed by atoms with Crippen LogP contribution in [-0.2, 0) is 17.6 Å². The maximum Gasteiger partial charge on any atom is 0.339 e. The van der Waals surface area contributed by atoms with Crippen molar-refractivity contribution < 1.29 is 19.4 Å². The summed E-state index contributed by atoms with van der Waals surface area (Å²) in [4.78, 5) is 24.6. The van der Waals surface area contributed by atoms with E-state index in [4.69, 9.17) is 4.74 Å². The normalized spacial score (nSPS) is 14.5. The highest BCUT2D eigenvalue weighted by Crippen LogP contribution is 2.39. The summed E-state index contributed by atoms with van der Waals surface area (Å²) in [5, 5.41) is 15.0. The molecule has 0 saturated carbocycles. The number of carboxylic acids is 1. The molecule has 5 nitrogen and oxygen atoms in total. The average Bonchev–Trinajstić information content (AvgIpc) is 3.30. The van der Waals surface area contributed by atoms with E-state index in [1.54, 1.807) is 12.1 Å². The lowest BCUT2D eigenvalue weighted by Gasteiger charge is -2.24. The summed E-state index contributed by atoms with van der Waals surface area (Å²) in [5.41, 5.74) is 5.20. The van der Waals surface area contributed by atoms with Crippen LogP contribution >= 0.6 is 11.3 Å². The Hall–Kier alpha value is -2.96. The van der Waals surface area contributed by atoms with Gasteiger partial charge in [0.1, 0.15) is 5.00 Å². The van der Waals surface area contributed by atoms with Gasteiger partial charge in [-0.05, 0) is 85.1 Å². The molecule has 2 aromatic carbocycles. The average molecular weight is 522 g/mol. The molecule has 0 aliphatic heterocycles. The molecular formula is C31H39NO4S. The van der Waals surface area contributed by atoms with Gasteiger partial charge in [0.25, 0.3) is 5.91 Å². The molecule has 1 heterocycles. The van der Waals surface area contributed by atoms with Crippen molar-refractivity contribution in [3.05, 3.63) is 87.3 Å². The van der Waals surface area contributed by atoms with Crippen LogP contribution in [0.25, 0.3) is 0 Å². The summed E-state index contributed by atoms with van der Waals surface area (Å²) in [6, 6.07) is 15.6. The standard InChI is InChI=1S/C23H21NO3S.C8H18O/c1-14-5-4-8-18(11-14)21(25)24-22-20(23(26)27)19(13-28-22)17-10-9-15-6-2-3-7-16(15)12-17;1-4-6-9-7-5-8(2)3/h2-8,11,13,17H,9-10,12H2,1H3,(H,24,25)(H,26,27);8H,4-7H2,1-3H3. The Morgan fingerprint density at radius 1 is 1.11 bits per heavy atom. The summed E-state index contributed by atoms with van der Waals surface area (Å²) in [7, 11) is 0. The first-order chi connectivity index (χ1) is 17.8. The van der Waals surface area contributed by atoms with E-state index in [1.165, 1.54) is 28.9 Å². The Morgan fingerprint density at radius 2 is 1.86 bits per heavy atom. The van der Waals surface area contributed by atoms with Crippen LogP contribution in [0.4, 0.5) is 5.00 Å². The third-order valence-electron chi connectivity index (χ3n) is 6.52. The minimum Gasteiger partial charge on any atom is -0.478 e. The number of anilines is 1. The van der Waals surface area contributed by atoms with E-state index in [0.717, 1.165) is 55.9 Å². The number of hydrogen-bond acceptors (Lipinski definition) is 4. The summed E-state index contributed by atoms with van der Waals surface area (Å²) in [6.07, 6.45) is 5.02. The molecule has 0 saturated heterocycles. The number of rotatable bonds is 9. The van der Waals surface area contributed by atoms with Gasteiger partial charge in [-0.3, -0.25) is 4.79 Å². The third kappa shape index (κ3) is 8.27. The number of aromatic carboxylic acids is 1. The van der Waals surface area contributed by atoms with E-state index in [-0.39, 0.29) is 17.4 Å². The molecule has 4 rings (SSSR count). The fourth-order valence-corrected chi connectivity index (χ4v) is 5.50. The SMILES string of the molecule is CCCOCCC(C)C.Cc1cccc(C(=O)Nc2scc(C3CCc4ccccc4C3)c2C(=O)O)c1. The largest absolute Gasteiger partial charge is 0.478 e. The molecule has 1 amide bonds. The molecule has 37 heavy (non-hydrogen) atoms. The Labute approximate surface area is 224 Å². The smallest absolute Gasteiger partial charge is 0.339 e. The molecule has 6 heteroatoms. The van der Waals surface area contributed by atoms with Gasteiger partial charge in [-0.2, -0.15) is 0 Å². The van der Waals surface area contributed by atoms with Gasteiger partial charge in [0.05, 0.1) is 5.56 Å². The van der Waals surface area contributed by atoms with Crippen LogP contribution in [0.15, 0.2) is 53.9 Å². The molecule has 1 aromatic heterocycles. The number of ether oxygens (including phenoxy) is 1. The Morgan fingerprint density at radius 3 is 2.54 bits per heavy atom. The van der Waals surface area contributed by atoms with Crippen molar-refractivity contribution in [1.29, 1.82) is 0 Å². The summed E-state index contributed by atoms with van der Waals surface area (Å²) in [6.45, 7) is 10.3. The molecule has 0 radical (unpaired) electrons. The van der Waals surface area contributed by atoms with E-state index in [2.05, 4.69) is 38.2 Å². The number of thiophene rings is 1. The number of carbonyl (C=O) groups is 2. The van der Waals surface area contributed by atoms with E-state index in [9.17, 15) is 14.7 Å². The number of aryl methyl sites for hydroxylation is 2. The van der Waals surface area contributed by atoms with Crippen molar-refractivity contribution in [3.8, 4) is 0 Å². The zero-order valence-corrected chi connectivity index (χ0v) is 23.2. The van der Waals surface area contributed by atoms with Gasteiger partial charge < -0.3 is 15.2 Å². The zero-order chi connectivity index (χ0) is 26.8. The molecule has 1 atom stereocenters. The van der Waals surface area contributed by atoms with Crippen LogP contribution in [0.1, 0.15) is 88.9 Å². The van der Waals surface area contributed by atoms with Crippen molar-refractivity contribution in [2.45, 2.75) is 65.7 Å². The summed E-state index contributed by atoms with van der Waals surface area (Å²) < 4.78 is 5.29. The Balaban J connectivity index is 0.000000364. The van der Waals surface area contributed by atoms with Crippen LogP contribution in [0.3, 0.4) is 0 Å². The van der Waals surface area contributed by atoms with Crippen molar-refractivity contribution in [1.82, 2.24) is 0 Å². The van der Waals surface area contributed by atoms with Crippen molar-refractivity contribution >= 4 is 28.2 Å². The van der Waals surface area contributed by atoms with Crippen LogP contribution in [0.2, 0.25) is 0 Å². The highest BCUT2D eigenvalue weighted by molar-refractivity contribution is 7.15. The number of fused-ring (bicyclic) bond motifs is 1. The van der Waals surface area contributed by atoms with Gasteiger partial charge in [0.2, 0.25) is 0 Å². The summed E-state index contributed by atoms with van der Waals surface area (Å²) in [5.74, 6) is -0.341. The quantitative estimate of drug-likeness (QED) is 0.282. The zero-order valence-electron chi connectivity index (χ0n) is 22.4. The lowest BCUT2D eigenvalue weighted by atomic mass is 9.80. The minimum atomic E-state index is -0.991. The molecule has 2 N–H and O–H groups in total. The monoisotopic (exact) mass is 521 g/mol. The Bertz CT molecular complexity index is 1180. The molecule has 0 spiro atoms. The predicted molar refractivity (Wildman–Crippen MR) is 152 cm³/mol. The maximum atomic E-state index is 12.6. The first-order valence-electron chi connectivity index (χ1n) is 13.2. The first kappa shape index (κ1) is 28.6. The van der Waals surface area contributed by atoms with Gasteiger partial charge in [0, 0.05) is 18.8 Å². The third-order valence-corrected chi connectivity index (χ3v) is 7.43. The second-order valence-electron chi connectivity index (χ2n) is 10.0. The fourth-order valence-electron chi connectivity index (χ4n) is 4.47. The second-order valence-corrected chi connectivity index (χ2v) is 10.9. The highest BCUT2D eigenvalue weighted by Gasteiger charge is 2.28. The van der Waals surface area contributed by atoms with Gasteiger partial charge in [-0.25, -0.2) is 4.79 Å². The lowest BCUT2D eigenvalue weighted by molar-refractivity contribution is 0.0696. The molecule has 1 aliphatic rings. The summed E-state index contributed by atoms with van der Waals surface area (Å²) >= 11 is 1.29. The molecule has 1 aliphatic carbocycles. The van der Waals surface area contributed by atoms with E-state index in [0.29, 0.717) is 10.6 Å². The van der Waals surface area contributed by atoms with Crippen LogP contribution in [0, 0.1) is 12.8 Å². The number of nitrogens with one attached hydrogen (secondary N) is 1. The number of carboxylic acid groups (broad SMARTS) is 1. The topological polar surface area (TPSA) is 75.6 Å². The van der Waals surface area contributed by atoms with Crippen LogP contribution < -0.4 is 5.32 Å². The second kappa shape index (κ2) is 14.1. The molecule has 1 unspecified atom stereocenters. The van der Waals surface area contributed by atoms with Crippen molar-refractivity contribution in [3.63, 3.8) is 0 Å². The molecular weight excluding hydrogens is 482 g/mol. The van der Waals surface area contributed by atoms with E-state index < -0.39 is 5.97 Å². The van der Waals surface area contributed by atoms with E-state index in [1.807, 2.05) is 36.6 Å². The van der Waals surface area contributed by atoms with E-state index >= 15 is 0 Å². The van der Waals surface area contributed by atoms with Crippen molar-refractivity contribution in [2.75, 3.05) is 18.5 Å². The number of benzene rings is 2. The maximum absolute atomic E-state index is 12.6. The van der Waals surface area contributed by atoms with Gasteiger partial charge in [-0.1, -0.05) is 62.7 Å². The number of amides is 1. The van der Waals surface area contributed by atoms with Gasteiger partial charge in [0.15, 0.2) is 0 Å². The van der Waals surface area contributed by atoms with Gasteiger partial charge >= 0.3 is 5.97 Å². The van der Waals surface area contributed by atoms with Crippen molar-refractivity contribution in [2.24, 2.45) is 5.92 Å². The van der Waals surface area contributed by atoms with Crippen LogP contribution in [-0.4, -0.2) is 30.2 Å². The lowest BCUT2D eigenvalue weighted by Crippen LogP contribution is -2.17. The molecule has 0 fully saturated rings. The number of carbonyl (C=O) groups excluding carboxylic acids is 1. The minimum absolute atomic E-state index is 0.155. The molecule has 3 aromatic rings. The first-order valence-corrected chi connectivity index (χ1v) is 14.0. The van der Waals surface area contributed by atoms with Crippen LogP contribution in [0.5, 0.6) is 0 Å². The Kier molecular flexibility index (Phi) is 10.9. The predicted octanol–water partition coefficient (Wildman–Crippen LogP) is 7.74.